The van der Waals surface area contributed by atoms with Crippen LogP contribution in [0.3, 0.4) is 0 Å². The van der Waals surface area contributed by atoms with E-state index < -0.39 is 0 Å². The quantitative estimate of drug-likeness (QED) is 0.764. The van der Waals surface area contributed by atoms with Crippen molar-refractivity contribution < 1.29 is 0 Å². The summed E-state index contributed by atoms with van der Waals surface area (Å²) in [4.78, 5) is 7.20. The van der Waals surface area contributed by atoms with Crippen molar-refractivity contribution in [2.24, 2.45) is 5.92 Å². The molecule has 4 heteroatoms. The van der Waals surface area contributed by atoms with Gasteiger partial charge in [0.15, 0.2) is 0 Å². The molecule has 0 spiro atoms. The van der Waals surface area contributed by atoms with Gasteiger partial charge in [0.2, 0.25) is 5.95 Å². The molecule has 0 saturated carbocycles. The second kappa shape index (κ2) is 8.18. The Hall–Kier alpha value is -1.55. The molecule has 0 aliphatic rings. The Morgan fingerprint density at radius 1 is 1.18 bits per heavy atom. The smallest absolute Gasteiger partial charge is 0.203 e. The number of para-hydroxylation sites is 2. The van der Waals surface area contributed by atoms with Crippen molar-refractivity contribution in [2.75, 3.05) is 31.5 Å². The molecule has 0 aliphatic heterocycles. The number of aromatic nitrogens is 2. The van der Waals surface area contributed by atoms with E-state index in [2.05, 4.69) is 66.7 Å². The molecule has 1 aromatic heterocycles. The Balaban J connectivity index is 2.11. The average Bonchev–Trinajstić information content (AvgIpc) is 2.87. The monoisotopic (exact) mass is 302 g/mol. The van der Waals surface area contributed by atoms with Gasteiger partial charge in [0.25, 0.3) is 0 Å². The number of anilines is 1. The summed E-state index contributed by atoms with van der Waals surface area (Å²) in [6, 6.07) is 8.41. The molecule has 22 heavy (non-hydrogen) atoms. The van der Waals surface area contributed by atoms with Crippen LogP contribution in [0.5, 0.6) is 0 Å². The molecule has 1 N–H and O–H groups in total. The van der Waals surface area contributed by atoms with Crippen molar-refractivity contribution in [1.29, 1.82) is 0 Å². The van der Waals surface area contributed by atoms with Crippen molar-refractivity contribution >= 4 is 17.0 Å². The normalized spacial score (nSPS) is 11.7. The summed E-state index contributed by atoms with van der Waals surface area (Å²) in [6.45, 7) is 14.2. The first-order chi connectivity index (χ1) is 10.7. The van der Waals surface area contributed by atoms with Crippen molar-refractivity contribution in [3.63, 3.8) is 0 Å². The highest BCUT2D eigenvalue weighted by Gasteiger charge is 2.10. The molecule has 0 fully saturated rings. The molecule has 0 unspecified atom stereocenters. The van der Waals surface area contributed by atoms with Gasteiger partial charge in [0.1, 0.15) is 0 Å². The maximum Gasteiger partial charge on any atom is 0.203 e. The van der Waals surface area contributed by atoms with Gasteiger partial charge in [-0.1, -0.05) is 39.8 Å². The maximum absolute atomic E-state index is 4.77. The Kier molecular flexibility index (Phi) is 6.25. The second-order valence-corrected chi connectivity index (χ2v) is 6.21. The zero-order valence-electron chi connectivity index (χ0n) is 14.5. The number of benzene rings is 1. The largest absolute Gasteiger partial charge is 0.354 e. The van der Waals surface area contributed by atoms with Gasteiger partial charge in [-0.3, -0.25) is 0 Å². The third-order valence-corrected chi connectivity index (χ3v) is 4.19. The fourth-order valence-electron chi connectivity index (χ4n) is 2.69. The highest BCUT2D eigenvalue weighted by Crippen LogP contribution is 2.20. The van der Waals surface area contributed by atoms with Crippen LogP contribution in [0.2, 0.25) is 0 Å². The zero-order chi connectivity index (χ0) is 15.9. The lowest BCUT2D eigenvalue weighted by atomic mass is 10.1. The molecule has 0 aliphatic carbocycles. The van der Waals surface area contributed by atoms with Crippen LogP contribution in [-0.2, 0) is 6.54 Å². The summed E-state index contributed by atoms with van der Waals surface area (Å²) in [5, 5.41) is 3.54. The molecule has 1 aromatic carbocycles. The first-order valence-electron chi connectivity index (χ1n) is 8.57. The SMILES string of the molecule is CCN(CC)CCNc1nc2ccccc2n1CCC(C)C. The molecular formula is C18H30N4. The number of hydrogen-bond acceptors (Lipinski definition) is 3. The van der Waals surface area contributed by atoms with Crippen LogP contribution >= 0.6 is 0 Å². The lowest BCUT2D eigenvalue weighted by molar-refractivity contribution is 0.315. The van der Waals surface area contributed by atoms with E-state index in [4.69, 9.17) is 4.98 Å². The molecule has 4 nitrogen and oxygen atoms in total. The van der Waals surface area contributed by atoms with Crippen LogP contribution in [0, 0.1) is 5.92 Å². The topological polar surface area (TPSA) is 33.1 Å². The number of aryl methyl sites for hydroxylation is 1. The summed E-state index contributed by atoms with van der Waals surface area (Å²) >= 11 is 0. The van der Waals surface area contributed by atoms with Crippen molar-refractivity contribution in [3.8, 4) is 0 Å². The van der Waals surface area contributed by atoms with Crippen LogP contribution in [0.4, 0.5) is 5.95 Å². The third-order valence-electron chi connectivity index (χ3n) is 4.19. The van der Waals surface area contributed by atoms with Crippen LogP contribution in [0.1, 0.15) is 34.1 Å². The van der Waals surface area contributed by atoms with Gasteiger partial charge in [-0.25, -0.2) is 4.98 Å². The first kappa shape index (κ1) is 16.8. The Labute approximate surface area is 134 Å². The van der Waals surface area contributed by atoms with Crippen LogP contribution < -0.4 is 5.32 Å². The van der Waals surface area contributed by atoms with E-state index >= 15 is 0 Å². The van der Waals surface area contributed by atoms with Gasteiger partial charge >= 0.3 is 0 Å². The molecule has 1 heterocycles. The predicted molar refractivity (Wildman–Crippen MR) is 95.5 cm³/mol. The fraction of sp³-hybridized carbons (Fsp3) is 0.611. The standard InChI is InChI=1S/C18H30N4/c1-5-21(6-2)14-12-19-18-20-16-9-7-8-10-17(16)22(18)13-11-15(3)4/h7-10,15H,5-6,11-14H2,1-4H3,(H,19,20). The van der Waals surface area contributed by atoms with Gasteiger partial charge < -0.3 is 14.8 Å². The molecule has 0 bridgehead atoms. The van der Waals surface area contributed by atoms with Gasteiger partial charge in [-0.2, -0.15) is 0 Å². The highest BCUT2D eigenvalue weighted by molar-refractivity contribution is 5.78. The number of imidazole rings is 1. The number of likely N-dealkylation sites (N-methyl/N-ethyl adjacent to an activating group) is 1. The minimum atomic E-state index is 0.699. The second-order valence-electron chi connectivity index (χ2n) is 6.21. The van der Waals surface area contributed by atoms with E-state index in [0.29, 0.717) is 5.92 Å². The summed E-state index contributed by atoms with van der Waals surface area (Å²) in [5.74, 6) is 1.71. The van der Waals surface area contributed by atoms with E-state index in [1.807, 2.05) is 0 Å². The zero-order valence-corrected chi connectivity index (χ0v) is 14.5. The van der Waals surface area contributed by atoms with E-state index in [-0.39, 0.29) is 0 Å². The first-order valence-corrected chi connectivity index (χ1v) is 8.57. The molecule has 0 atom stereocenters. The molecule has 0 amide bonds. The number of fused-ring (bicyclic) bond motifs is 1. The van der Waals surface area contributed by atoms with Crippen molar-refractivity contribution in [3.05, 3.63) is 24.3 Å². The molecule has 0 radical (unpaired) electrons. The van der Waals surface area contributed by atoms with Crippen LogP contribution in [-0.4, -0.2) is 40.6 Å². The fourth-order valence-corrected chi connectivity index (χ4v) is 2.69. The third kappa shape index (κ3) is 4.23. The summed E-state index contributed by atoms with van der Waals surface area (Å²) in [6.07, 6.45) is 1.17. The molecular weight excluding hydrogens is 272 g/mol. The average molecular weight is 302 g/mol. The number of nitrogens with one attached hydrogen (secondary N) is 1. The van der Waals surface area contributed by atoms with E-state index in [1.165, 1.54) is 11.9 Å². The molecule has 122 valence electrons. The van der Waals surface area contributed by atoms with Gasteiger partial charge in [-0.15, -0.1) is 0 Å². The Morgan fingerprint density at radius 2 is 1.91 bits per heavy atom. The minimum absolute atomic E-state index is 0.699. The van der Waals surface area contributed by atoms with E-state index in [1.54, 1.807) is 0 Å². The highest BCUT2D eigenvalue weighted by atomic mass is 15.2. The molecule has 2 rings (SSSR count). The summed E-state index contributed by atoms with van der Waals surface area (Å²) < 4.78 is 2.33. The number of nitrogens with zero attached hydrogens (tertiary/aromatic N) is 3. The number of hydrogen-bond donors (Lipinski definition) is 1. The minimum Gasteiger partial charge on any atom is -0.354 e. The van der Waals surface area contributed by atoms with Gasteiger partial charge in [0.05, 0.1) is 11.0 Å². The van der Waals surface area contributed by atoms with Gasteiger partial charge in [-0.05, 0) is 37.6 Å². The van der Waals surface area contributed by atoms with Gasteiger partial charge in [0, 0.05) is 19.6 Å². The molecule has 2 aromatic rings. The summed E-state index contributed by atoms with van der Waals surface area (Å²) in [5.41, 5.74) is 2.31. The van der Waals surface area contributed by atoms with E-state index in [0.717, 1.165) is 44.2 Å². The lowest BCUT2D eigenvalue weighted by Gasteiger charge is -2.18. The lowest BCUT2D eigenvalue weighted by Crippen LogP contribution is -2.29. The predicted octanol–water partition coefficient (Wildman–Crippen LogP) is 3.84. The van der Waals surface area contributed by atoms with Crippen LogP contribution in [0.25, 0.3) is 11.0 Å². The summed E-state index contributed by atoms with van der Waals surface area (Å²) in [7, 11) is 0. The molecule has 0 saturated heterocycles. The van der Waals surface area contributed by atoms with Crippen LogP contribution in [0.15, 0.2) is 24.3 Å². The number of rotatable bonds is 9. The van der Waals surface area contributed by atoms with E-state index in [9.17, 15) is 0 Å². The van der Waals surface area contributed by atoms with Crippen molar-refractivity contribution in [2.45, 2.75) is 40.7 Å². The maximum atomic E-state index is 4.77. The Bertz CT molecular complexity index is 569. The van der Waals surface area contributed by atoms with Crippen molar-refractivity contribution in [1.82, 2.24) is 14.5 Å². The Morgan fingerprint density at radius 3 is 2.59 bits per heavy atom.